The van der Waals surface area contributed by atoms with E-state index in [2.05, 4.69) is 6.07 Å². The van der Waals surface area contributed by atoms with E-state index >= 15 is 0 Å². The highest BCUT2D eigenvalue weighted by molar-refractivity contribution is 6.30. The van der Waals surface area contributed by atoms with E-state index < -0.39 is 0 Å². The SMILES string of the molecule is COc1ccc(Cn2cc(-c3ccccc3)c(C#N)c2/N=C/c2ccc(Cl)cc2)cc1. The molecule has 3 aromatic carbocycles. The van der Waals surface area contributed by atoms with Crippen LogP contribution >= 0.6 is 11.6 Å². The van der Waals surface area contributed by atoms with Crippen LogP contribution in [0.2, 0.25) is 5.02 Å². The minimum Gasteiger partial charge on any atom is -0.497 e. The number of aliphatic imine (C=N–C) groups is 1. The van der Waals surface area contributed by atoms with E-state index in [1.165, 1.54) is 0 Å². The van der Waals surface area contributed by atoms with Crippen molar-refractivity contribution in [1.29, 1.82) is 5.26 Å². The van der Waals surface area contributed by atoms with Crippen LogP contribution < -0.4 is 4.74 Å². The summed E-state index contributed by atoms with van der Waals surface area (Å²) in [5, 5.41) is 10.6. The lowest BCUT2D eigenvalue weighted by atomic mass is 10.1. The number of hydrogen-bond acceptors (Lipinski definition) is 3. The van der Waals surface area contributed by atoms with Crippen LogP contribution in [0.4, 0.5) is 5.82 Å². The maximum Gasteiger partial charge on any atom is 0.151 e. The zero-order valence-electron chi connectivity index (χ0n) is 17.0. The van der Waals surface area contributed by atoms with E-state index in [9.17, 15) is 5.26 Å². The van der Waals surface area contributed by atoms with Crippen molar-refractivity contribution in [3.8, 4) is 22.9 Å². The van der Waals surface area contributed by atoms with Crippen LogP contribution in [0.5, 0.6) is 5.75 Å². The molecule has 4 nitrogen and oxygen atoms in total. The molecule has 0 spiro atoms. The van der Waals surface area contributed by atoms with Gasteiger partial charge in [0.05, 0.1) is 7.11 Å². The molecule has 1 aromatic heterocycles. The number of rotatable bonds is 6. The summed E-state index contributed by atoms with van der Waals surface area (Å²) in [6.07, 6.45) is 3.75. The standard InChI is InChI=1S/C26H20ClN3O/c1-31-23-13-9-20(10-14-23)17-30-18-25(21-5-3-2-4-6-21)24(15-28)26(30)29-16-19-7-11-22(27)12-8-19/h2-14,16,18H,17H2,1H3/b29-16+. The van der Waals surface area contributed by atoms with Gasteiger partial charge in [-0.25, -0.2) is 4.99 Å². The number of ether oxygens (including phenoxy) is 1. The summed E-state index contributed by atoms with van der Waals surface area (Å²) < 4.78 is 7.26. The summed E-state index contributed by atoms with van der Waals surface area (Å²) in [6.45, 7) is 0.582. The largest absolute Gasteiger partial charge is 0.497 e. The second kappa shape index (κ2) is 9.34. The molecule has 1 heterocycles. The Kier molecular flexibility index (Phi) is 6.16. The monoisotopic (exact) mass is 425 g/mol. The van der Waals surface area contributed by atoms with Gasteiger partial charge in [-0.2, -0.15) is 5.26 Å². The topological polar surface area (TPSA) is 50.3 Å². The third-order valence-electron chi connectivity index (χ3n) is 4.96. The Hall–Kier alpha value is -3.81. The van der Waals surface area contributed by atoms with Crippen molar-refractivity contribution in [2.45, 2.75) is 6.54 Å². The lowest BCUT2D eigenvalue weighted by Crippen LogP contribution is -1.98. The fourth-order valence-electron chi connectivity index (χ4n) is 3.36. The van der Waals surface area contributed by atoms with Crippen LogP contribution in [-0.4, -0.2) is 17.9 Å². The smallest absolute Gasteiger partial charge is 0.151 e. The second-order valence-electron chi connectivity index (χ2n) is 7.00. The highest BCUT2D eigenvalue weighted by Gasteiger charge is 2.17. The second-order valence-corrected chi connectivity index (χ2v) is 7.44. The van der Waals surface area contributed by atoms with E-state index in [1.807, 2.05) is 89.6 Å². The number of hydrogen-bond donors (Lipinski definition) is 0. The van der Waals surface area contributed by atoms with Gasteiger partial charge in [0, 0.05) is 29.5 Å². The highest BCUT2D eigenvalue weighted by atomic mass is 35.5. The zero-order valence-corrected chi connectivity index (χ0v) is 17.8. The molecule has 152 valence electrons. The average Bonchev–Trinajstić information content (AvgIpc) is 3.17. The minimum absolute atomic E-state index is 0.546. The van der Waals surface area contributed by atoms with Gasteiger partial charge in [0.15, 0.2) is 5.82 Å². The van der Waals surface area contributed by atoms with E-state index in [0.29, 0.717) is 22.9 Å². The van der Waals surface area contributed by atoms with Crippen LogP contribution in [0.25, 0.3) is 11.1 Å². The number of methoxy groups -OCH3 is 1. The minimum atomic E-state index is 0.546. The van der Waals surface area contributed by atoms with E-state index in [-0.39, 0.29) is 0 Å². The van der Waals surface area contributed by atoms with Gasteiger partial charge in [0.25, 0.3) is 0 Å². The molecule has 31 heavy (non-hydrogen) atoms. The van der Waals surface area contributed by atoms with Gasteiger partial charge in [0.1, 0.15) is 17.4 Å². The Morgan fingerprint density at radius 2 is 1.71 bits per heavy atom. The van der Waals surface area contributed by atoms with Crippen LogP contribution in [0.3, 0.4) is 0 Å². The quantitative estimate of drug-likeness (QED) is 0.331. The van der Waals surface area contributed by atoms with Crippen LogP contribution in [0.15, 0.2) is 90.1 Å². The molecular weight excluding hydrogens is 406 g/mol. The predicted molar refractivity (Wildman–Crippen MR) is 125 cm³/mol. The van der Waals surface area contributed by atoms with E-state index in [4.69, 9.17) is 21.3 Å². The van der Waals surface area contributed by atoms with E-state index in [0.717, 1.165) is 28.0 Å². The first-order chi connectivity index (χ1) is 15.2. The van der Waals surface area contributed by atoms with Gasteiger partial charge < -0.3 is 9.30 Å². The van der Waals surface area contributed by atoms with E-state index in [1.54, 1.807) is 13.3 Å². The molecule has 0 atom stereocenters. The molecule has 5 heteroatoms. The molecule has 0 aliphatic heterocycles. The van der Waals surface area contributed by atoms with Crippen molar-refractivity contribution >= 4 is 23.6 Å². The molecule has 0 unspecified atom stereocenters. The molecular formula is C26H20ClN3O. The Morgan fingerprint density at radius 1 is 1.00 bits per heavy atom. The summed E-state index contributed by atoms with van der Waals surface area (Å²) in [7, 11) is 1.65. The van der Waals surface area contributed by atoms with Crippen molar-refractivity contribution in [2.24, 2.45) is 4.99 Å². The molecule has 0 radical (unpaired) electrons. The third-order valence-corrected chi connectivity index (χ3v) is 5.22. The van der Waals surface area contributed by atoms with Crippen LogP contribution in [-0.2, 0) is 6.54 Å². The summed E-state index contributed by atoms with van der Waals surface area (Å²) in [5.74, 6) is 1.42. The third kappa shape index (κ3) is 4.69. The van der Waals surface area contributed by atoms with Gasteiger partial charge in [-0.05, 0) is 41.0 Å². The average molecular weight is 426 g/mol. The molecule has 4 aromatic rings. The summed E-state index contributed by atoms with van der Waals surface area (Å²) in [5.41, 5.74) is 4.38. The van der Waals surface area contributed by atoms with Crippen molar-refractivity contribution in [3.63, 3.8) is 0 Å². The van der Waals surface area contributed by atoms with Gasteiger partial charge >= 0.3 is 0 Å². The Morgan fingerprint density at radius 3 is 2.35 bits per heavy atom. The molecule has 0 aliphatic carbocycles. The Bertz CT molecular complexity index is 1240. The number of benzene rings is 3. The predicted octanol–water partition coefficient (Wildman–Crippen LogP) is 6.49. The van der Waals surface area contributed by atoms with Gasteiger partial charge in [-0.1, -0.05) is 66.2 Å². The first-order valence-corrected chi connectivity index (χ1v) is 10.2. The molecule has 0 N–H and O–H groups in total. The summed E-state index contributed by atoms with van der Waals surface area (Å²) in [6, 6.07) is 27.6. The van der Waals surface area contributed by atoms with Crippen molar-refractivity contribution in [1.82, 2.24) is 4.57 Å². The molecule has 0 bridgehead atoms. The van der Waals surface area contributed by atoms with Gasteiger partial charge in [-0.3, -0.25) is 0 Å². The molecule has 0 aliphatic rings. The molecule has 0 saturated heterocycles. The maximum absolute atomic E-state index is 9.97. The Labute approximate surface area is 186 Å². The van der Waals surface area contributed by atoms with Crippen LogP contribution in [0, 0.1) is 11.3 Å². The van der Waals surface area contributed by atoms with Gasteiger partial charge in [0.2, 0.25) is 0 Å². The Balaban J connectivity index is 1.78. The van der Waals surface area contributed by atoms with Gasteiger partial charge in [-0.15, -0.1) is 0 Å². The van der Waals surface area contributed by atoms with Crippen molar-refractivity contribution in [3.05, 3.63) is 107 Å². The lowest BCUT2D eigenvalue weighted by molar-refractivity contribution is 0.414. The molecule has 0 fully saturated rings. The molecule has 0 amide bonds. The van der Waals surface area contributed by atoms with Crippen molar-refractivity contribution in [2.75, 3.05) is 7.11 Å². The summed E-state index contributed by atoms with van der Waals surface area (Å²) >= 11 is 5.98. The molecule has 0 saturated carbocycles. The number of aromatic nitrogens is 1. The molecule has 4 rings (SSSR count). The van der Waals surface area contributed by atoms with Crippen molar-refractivity contribution < 1.29 is 4.74 Å². The first-order valence-electron chi connectivity index (χ1n) is 9.79. The number of nitrogens with zero attached hydrogens (tertiary/aromatic N) is 3. The maximum atomic E-state index is 9.97. The fraction of sp³-hybridized carbons (Fsp3) is 0.0769. The highest BCUT2D eigenvalue weighted by Crippen LogP contribution is 2.33. The normalized spacial score (nSPS) is 10.9. The number of nitriles is 1. The number of halogens is 1. The summed E-state index contributed by atoms with van der Waals surface area (Å²) in [4.78, 5) is 4.70. The van der Waals surface area contributed by atoms with Crippen LogP contribution in [0.1, 0.15) is 16.7 Å². The lowest BCUT2D eigenvalue weighted by Gasteiger charge is -2.07. The zero-order chi connectivity index (χ0) is 21.6. The fourth-order valence-corrected chi connectivity index (χ4v) is 3.49. The first kappa shape index (κ1) is 20.5.